The van der Waals surface area contributed by atoms with Crippen molar-refractivity contribution in [2.45, 2.75) is 38.3 Å². The maximum absolute atomic E-state index is 12.4. The van der Waals surface area contributed by atoms with E-state index in [1.54, 1.807) is 30.3 Å². The zero-order valence-electron chi connectivity index (χ0n) is 15.8. The lowest BCUT2D eigenvalue weighted by Crippen LogP contribution is -2.41. The van der Waals surface area contributed by atoms with E-state index in [0.29, 0.717) is 5.56 Å². The molecular formula is C22H24N2O4. The van der Waals surface area contributed by atoms with Crippen LogP contribution in [0.2, 0.25) is 0 Å². The first-order valence-electron chi connectivity index (χ1n) is 9.45. The summed E-state index contributed by atoms with van der Waals surface area (Å²) in [6, 6.07) is 16.6. The van der Waals surface area contributed by atoms with Gasteiger partial charge in [0.1, 0.15) is 6.54 Å². The van der Waals surface area contributed by atoms with Crippen LogP contribution >= 0.6 is 0 Å². The Hall–Kier alpha value is -3.15. The van der Waals surface area contributed by atoms with E-state index in [4.69, 9.17) is 4.74 Å². The summed E-state index contributed by atoms with van der Waals surface area (Å²) in [5, 5.41) is 5.46. The smallest absolute Gasteiger partial charge is 0.326 e. The average molecular weight is 380 g/mol. The van der Waals surface area contributed by atoms with Crippen LogP contribution in [0.1, 0.15) is 47.3 Å². The normalized spacial score (nSPS) is 16.4. The standard InChI is InChI=1S/C22H24N2O4/c1-15(28-20(25)14-23-22(27)17-9-3-2-4-10-17)21(26)24-19-13-7-11-16-8-5-6-12-18(16)19/h2-6,8-10,12,15,19H,7,11,13-14H2,1H3,(H,23,27)(H,24,26)/t15-,19-/m0/s1. The molecule has 0 bridgehead atoms. The number of esters is 1. The number of hydrogen-bond acceptors (Lipinski definition) is 4. The molecular weight excluding hydrogens is 356 g/mol. The number of ether oxygens (including phenoxy) is 1. The number of carbonyl (C=O) groups excluding carboxylic acids is 3. The van der Waals surface area contributed by atoms with Crippen molar-refractivity contribution in [3.63, 3.8) is 0 Å². The van der Waals surface area contributed by atoms with Crippen molar-refractivity contribution in [1.29, 1.82) is 0 Å². The molecule has 0 radical (unpaired) electrons. The molecule has 2 amide bonds. The molecule has 6 nitrogen and oxygen atoms in total. The van der Waals surface area contributed by atoms with Crippen LogP contribution in [0.4, 0.5) is 0 Å². The summed E-state index contributed by atoms with van der Waals surface area (Å²) in [5.74, 6) is -1.37. The molecule has 146 valence electrons. The summed E-state index contributed by atoms with van der Waals surface area (Å²) in [6.45, 7) is 1.23. The fraction of sp³-hybridized carbons (Fsp3) is 0.318. The van der Waals surface area contributed by atoms with E-state index in [0.717, 1.165) is 24.8 Å². The zero-order chi connectivity index (χ0) is 19.9. The number of nitrogens with one attached hydrogen (secondary N) is 2. The molecule has 2 aromatic rings. The van der Waals surface area contributed by atoms with Crippen LogP contribution in [0.15, 0.2) is 54.6 Å². The maximum Gasteiger partial charge on any atom is 0.326 e. The van der Waals surface area contributed by atoms with E-state index in [1.807, 2.05) is 18.2 Å². The fourth-order valence-electron chi connectivity index (χ4n) is 3.33. The molecule has 0 heterocycles. The number of benzene rings is 2. The Morgan fingerprint density at radius 2 is 1.79 bits per heavy atom. The van der Waals surface area contributed by atoms with Gasteiger partial charge in [0, 0.05) is 5.56 Å². The molecule has 0 aromatic heterocycles. The van der Waals surface area contributed by atoms with Crippen LogP contribution in [-0.4, -0.2) is 30.4 Å². The van der Waals surface area contributed by atoms with Crippen molar-refractivity contribution in [2.24, 2.45) is 0 Å². The summed E-state index contributed by atoms with van der Waals surface area (Å²) < 4.78 is 5.16. The molecule has 0 saturated heterocycles. The van der Waals surface area contributed by atoms with Crippen LogP contribution < -0.4 is 10.6 Å². The van der Waals surface area contributed by atoms with Crippen molar-refractivity contribution >= 4 is 17.8 Å². The minimum absolute atomic E-state index is 0.0728. The van der Waals surface area contributed by atoms with Gasteiger partial charge in [-0.2, -0.15) is 0 Å². The van der Waals surface area contributed by atoms with Crippen molar-refractivity contribution < 1.29 is 19.1 Å². The van der Waals surface area contributed by atoms with Crippen molar-refractivity contribution in [1.82, 2.24) is 10.6 Å². The minimum Gasteiger partial charge on any atom is -0.451 e. The molecule has 0 fully saturated rings. The Balaban J connectivity index is 1.48. The lowest BCUT2D eigenvalue weighted by Gasteiger charge is -2.27. The van der Waals surface area contributed by atoms with Crippen LogP contribution in [0.3, 0.4) is 0 Å². The van der Waals surface area contributed by atoms with Gasteiger partial charge in [-0.05, 0) is 49.4 Å². The lowest BCUT2D eigenvalue weighted by molar-refractivity contribution is -0.154. The molecule has 2 aromatic carbocycles. The summed E-state index contributed by atoms with van der Waals surface area (Å²) in [6.07, 6.45) is 1.93. The molecule has 1 aliphatic carbocycles. The van der Waals surface area contributed by atoms with Crippen LogP contribution in [0, 0.1) is 0 Å². The molecule has 2 atom stereocenters. The summed E-state index contributed by atoms with van der Waals surface area (Å²) in [4.78, 5) is 36.4. The van der Waals surface area contributed by atoms with E-state index in [2.05, 4.69) is 16.7 Å². The third kappa shape index (κ3) is 4.97. The van der Waals surface area contributed by atoms with Crippen LogP contribution in [-0.2, 0) is 20.7 Å². The molecule has 1 aliphatic rings. The topological polar surface area (TPSA) is 84.5 Å². The first-order chi connectivity index (χ1) is 13.5. The Labute approximate surface area is 164 Å². The number of hydrogen-bond donors (Lipinski definition) is 2. The highest BCUT2D eigenvalue weighted by molar-refractivity contribution is 5.96. The van der Waals surface area contributed by atoms with Gasteiger partial charge in [-0.25, -0.2) is 0 Å². The third-order valence-electron chi connectivity index (χ3n) is 4.79. The second kappa shape index (κ2) is 9.17. The SMILES string of the molecule is C[C@H](OC(=O)CNC(=O)c1ccccc1)C(=O)N[C@H]1CCCc2ccccc21. The quantitative estimate of drug-likeness (QED) is 0.755. The largest absolute Gasteiger partial charge is 0.451 e. The lowest BCUT2D eigenvalue weighted by atomic mass is 9.87. The number of amides is 2. The molecule has 0 saturated carbocycles. The molecule has 6 heteroatoms. The predicted molar refractivity (Wildman–Crippen MR) is 105 cm³/mol. The van der Waals surface area contributed by atoms with Gasteiger partial charge in [-0.15, -0.1) is 0 Å². The van der Waals surface area contributed by atoms with Gasteiger partial charge in [-0.3, -0.25) is 14.4 Å². The summed E-state index contributed by atoms with van der Waals surface area (Å²) >= 11 is 0. The van der Waals surface area contributed by atoms with Gasteiger partial charge in [0.05, 0.1) is 6.04 Å². The van der Waals surface area contributed by atoms with Gasteiger partial charge >= 0.3 is 5.97 Å². The van der Waals surface area contributed by atoms with Crippen LogP contribution in [0.25, 0.3) is 0 Å². The van der Waals surface area contributed by atoms with Crippen LogP contribution in [0.5, 0.6) is 0 Å². The van der Waals surface area contributed by atoms with Crippen molar-refractivity contribution in [2.75, 3.05) is 6.54 Å². The third-order valence-corrected chi connectivity index (χ3v) is 4.79. The van der Waals surface area contributed by atoms with E-state index in [9.17, 15) is 14.4 Å². The highest BCUT2D eigenvalue weighted by atomic mass is 16.5. The summed E-state index contributed by atoms with van der Waals surface area (Å²) in [5.41, 5.74) is 2.82. The first kappa shape index (κ1) is 19.6. The van der Waals surface area contributed by atoms with E-state index in [1.165, 1.54) is 12.5 Å². The number of aryl methyl sites for hydroxylation is 1. The zero-order valence-corrected chi connectivity index (χ0v) is 15.8. The Kier molecular flexibility index (Phi) is 6.42. The first-order valence-corrected chi connectivity index (χ1v) is 9.45. The molecule has 28 heavy (non-hydrogen) atoms. The summed E-state index contributed by atoms with van der Waals surface area (Å²) in [7, 11) is 0. The van der Waals surface area contributed by atoms with E-state index in [-0.39, 0.29) is 24.4 Å². The van der Waals surface area contributed by atoms with Gasteiger partial charge in [-0.1, -0.05) is 42.5 Å². The van der Waals surface area contributed by atoms with Crippen molar-refractivity contribution in [3.8, 4) is 0 Å². The Morgan fingerprint density at radius 1 is 1.07 bits per heavy atom. The monoisotopic (exact) mass is 380 g/mol. The Morgan fingerprint density at radius 3 is 2.57 bits per heavy atom. The molecule has 0 spiro atoms. The second-order valence-corrected chi connectivity index (χ2v) is 6.83. The molecule has 2 N–H and O–H groups in total. The Bertz CT molecular complexity index is 851. The molecule has 0 aliphatic heterocycles. The van der Waals surface area contributed by atoms with Crippen molar-refractivity contribution in [3.05, 3.63) is 71.3 Å². The molecule has 3 rings (SSSR count). The number of fused-ring (bicyclic) bond motifs is 1. The number of rotatable bonds is 6. The fourth-order valence-corrected chi connectivity index (χ4v) is 3.33. The van der Waals surface area contributed by atoms with Gasteiger partial charge in [0.2, 0.25) is 0 Å². The highest BCUT2D eigenvalue weighted by Crippen LogP contribution is 2.29. The minimum atomic E-state index is -0.935. The van der Waals surface area contributed by atoms with Gasteiger partial charge < -0.3 is 15.4 Å². The second-order valence-electron chi connectivity index (χ2n) is 6.83. The molecule has 0 unspecified atom stereocenters. The van der Waals surface area contributed by atoms with E-state index < -0.39 is 12.1 Å². The maximum atomic E-state index is 12.4. The average Bonchev–Trinajstić information content (AvgIpc) is 2.73. The van der Waals surface area contributed by atoms with E-state index >= 15 is 0 Å². The van der Waals surface area contributed by atoms with Gasteiger partial charge in [0.25, 0.3) is 11.8 Å². The highest BCUT2D eigenvalue weighted by Gasteiger charge is 2.25. The number of carbonyl (C=O) groups is 3. The predicted octanol–water partition coefficient (Wildman–Crippen LogP) is 2.54. The van der Waals surface area contributed by atoms with Gasteiger partial charge in [0.15, 0.2) is 6.10 Å².